The van der Waals surface area contributed by atoms with Gasteiger partial charge in [0.15, 0.2) is 0 Å². The molecule has 9 N–H and O–H groups in total. The van der Waals surface area contributed by atoms with E-state index in [1.807, 2.05) is 0 Å². The Hall–Kier alpha value is -2.24. The van der Waals surface area contributed by atoms with E-state index in [-0.39, 0.29) is 13.0 Å². The molecule has 3 atom stereocenters. The number of aliphatic hydroxyl groups excluding tert-OH is 1. The second-order valence-electron chi connectivity index (χ2n) is 5.42. The van der Waals surface area contributed by atoms with Gasteiger partial charge in [-0.25, -0.2) is 4.79 Å². The average Bonchev–Trinajstić information content (AvgIpc) is 2.57. The number of nitrogens with one attached hydrogen (secondary N) is 3. The van der Waals surface area contributed by atoms with Crippen LogP contribution in [-0.4, -0.2) is 71.7 Å². The molecule has 0 heterocycles. The summed E-state index contributed by atoms with van der Waals surface area (Å²) in [7, 11) is 0. The third-order valence-electron chi connectivity index (χ3n) is 3.33. The Morgan fingerprint density at radius 3 is 2.04 bits per heavy atom. The zero-order chi connectivity index (χ0) is 19.4. The molecule has 0 saturated carbocycles. The largest absolute Gasteiger partial charge is 0.480 e. The lowest BCUT2D eigenvalue weighted by atomic mass is 10.1. The van der Waals surface area contributed by atoms with Gasteiger partial charge >= 0.3 is 5.97 Å². The highest BCUT2D eigenvalue weighted by Crippen LogP contribution is 2.02. The number of carboxylic acid groups (broad SMARTS) is 1. The topological polar surface area (TPSA) is 197 Å². The fourth-order valence-electron chi connectivity index (χ4n) is 1.88. The molecule has 0 aliphatic heterocycles. The van der Waals surface area contributed by atoms with Crippen LogP contribution in [0, 0.1) is 0 Å². The van der Waals surface area contributed by atoms with Gasteiger partial charge in [0.25, 0.3) is 0 Å². The highest BCUT2D eigenvalue weighted by Gasteiger charge is 2.27. The van der Waals surface area contributed by atoms with Crippen LogP contribution < -0.4 is 27.4 Å². The number of carbonyl (C=O) groups is 4. The van der Waals surface area contributed by atoms with Gasteiger partial charge < -0.3 is 37.6 Å². The molecule has 0 rings (SSSR count). The minimum atomic E-state index is -1.48. The van der Waals surface area contributed by atoms with Crippen molar-refractivity contribution in [1.82, 2.24) is 16.0 Å². The molecule has 0 aromatic rings. The van der Waals surface area contributed by atoms with Crippen LogP contribution in [0.5, 0.6) is 0 Å². The first-order chi connectivity index (χ1) is 11.8. The van der Waals surface area contributed by atoms with Crippen LogP contribution in [0.3, 0.4) is 0 Å². The number of aliphatic carboxylic acids is 1. The summed E-state index contributed by atoms with van der Waals surface area (Å²) in [5.41, 5.74) is 10.5. The Morgan fingerprint density at radius 1 is 0.960 bits per heavy atom. The van der Waals surface area contributed by atoms with Crippen LogP contribution in [0.25, 0.3) is 0 Å². The van der Waals surface area contributed by atoms with Gasteiger partial charge in [-0.3, -0.25) is 14.4 Å². The Balaban J connectivity index is 4.90. The van der Waals surface area contributed by atoms with Crippen LogP contribution in [-0.2, 0) is 19.2 Å². The van der Waals surface area contributed by atoms with E-state index in [4.69, 9.17) is 21.7 Å². The van der Waals surface area contributed by atoms with Crippen LogP contribution in [0.2, 0.25) is 0 Å². The maximum absolute atomic E-state index is 12.2. The third-order valence-corrected chi connectivity index (χ3v) is 3.33. The summed E-state index contributed by atoms with van der Waals surface area (Å²) in [5, 5.41) is 24.8. The Bertz CT molecular complexity index is 473. The molecule has 3 unspecified atom stereocenters. The van der Waals surface area contributed by atoms with Crippen molar-refractivity contribution in [2.24, 2.45) is 11.5 Å². The number of aliphatic hydroxyl groups is 1. The summed E-state index contributed by atoms with van der Waals surface area (Å²) >= 11 is 0. The molecule has 0 aromatic heterocycles. The van der Waals surface area contributed by atoms with Crippen molar-refractivity contribution in [2.45, 2.75) is 44.3 Å². The molecule has 3 amide bonds. The van der Waals surface area contributed by atoms with E-state index in [0.717, 1.165) is 0 Å². The average molecular weight is 361 g/mol. The molecule has 0 aromatic carbocycles. The molecule has 0 saturated heterocycles. The van der Waals surface area contributed by atoms with E-state index in [2.05, 4.69) is 16.0 Å². The Morgan fingerprint density at radius 2 is 1.56 bits per heavy atom. The predicted molar refractivity (Wildman–Crippen MR) is 88.1 cm³/mol. The second kappa shape index (κ2) is 12.2. The summed E-state index contributed by atoms with van der Waals surface area (Å²) in [6.07, 6.45) is 1.36. The van der Waals surface area contributed by atoms with E-state index in [0.29, 0.717) is 19.4 Å². The van der Waals surface area contributed by atoms with Crippen molar-refractivity contribution >= 4 is 23.7 Å². The molecule has 0 aliphatic carbocycles. The molecule has 0 spiro atoms. The smallest absolute Gasteiger partial charge is 0.328 e. The number of amides is 3. The quantitative estimate of drug-likeness (QED) is 0.175. The van der Waals surface area contributed by atoms with Gasteiger partial charge in [-0.1, -0.05) is 0 Å². The lowest BCUT2D eigenvalue weighted by molar-refractivity contribution is -0.143. The van der Waals surface area contributed by atoms with Gasteiger partial charge in [-0.2, -0.15) is 0 Å². The number of unbranched alkanes of at least 4 members (excludes halogenated alkanes) is 1. The number of carboxylic acids is 1. The SMILES string of the molecule is CC(NC(=O)CN)C(=O)NC(CCCCN)C(=O)NC(CO)C(=O)O. The molecule has 11 heteroatoms. The summed E-state index contributed by atoms with van der Waals surface area (Å²) in [6, 6.07) is -3.42. The highest BCUT2D eigenvalue weighted by atomic mass is 16.4. The van der Waals surface area contributed by atoms with Gasteiger partial charge in [0.05, 0.1) is 13.2 Å². The summed E-state index contributed by atoms with van der Waals surface area (Å²) in [5.74, 6) is -3.29. The van der Waals surface area contributed by atoms with Crippen LogP contribution in [0.4, 0.5) is 0 Å². The normalized spacial score (nSPS) is 14.1. The van der Waals surface area contributed by atoms with E-state index in [1.54, 1.807) is 0 Å². The molecule has 0 aliphatic rings. The molecule has 0 fully saturated rings. The minimum absolute atomic E-state index is 0.226. The Labute approximate surface area is 145 Å². The van der Waals surface area contributed by atoms with Gasteiger partial charge in [0, 0.05) is 0 Å². The first-order valence-electron chi connectivity index (χ1n) is 7.90. The van der Waals surface area contributed by atoms with Gasteiger partial charge in [0.2, 0.25) is 17.7 Å². The molecule has 25 heavy (non-hydrogen) atoms. The van der Waals surface area contributed by atoms with Crippen LogP contribution in [0.15, 0.2) is 0 Å². The first-order valence-corrected chi connectivity index (χ1v) is 7.90. The summed E-state index contributed by atoms with van der Waals surface area (Å²) in [4.78, 5) is 46.4. The number of rotatable bonds is 12. The van der Waals surface area contributed by atoms with Gasteiger partial charge in [-0.15, -0.1) is 0 Å². The maximum Gasteiger partial charge on any atom is 0.328 e. The molecule has 0 bridgehead atoms. The number of hydrogen-bond donors (Lipinski definition) is 7. The van der Waals surface area contributed by atoms with E-state index < -0.39 is 48.4 Å². The van der Waals surface area contributed by atoms with E-state index >= 15 is 0 Å². The predicted octanol–water partition coefficient (Wildman–Crippen LogP) is -3.37. The zero-order valence-corrected chi connectivity index (χ0v) is 14.2. The van der Waals surface area contributed by atoms with Crippen molar-refractivity contribution in [2.75, 3.05) is 19.7 Å². The summed E-state index contributed by atoms with van der Waals surface area (Å²) in [6.45, 7) is 0.757. The number of hydrogen-bond acceptors (Lipinski definition) is 7. The van der Waals surface area contributed by atoms with Crippen molar-refractivity contribution in [3.63, 3.8) is 0 Å². The molecule has 144 valence electrons. The van der Waals surface area contributed by atoms with Gasteiger partial charge in [-0.05, 0) is 32.7 Å². The number of carbonyl (C=O) groups excluding carboxylic acids is 3. The summed E-state index contributed by atoms with van der Waals surface area (Å²) < 4.78 is 0. The zero-order valence-electron chi connectivity index (χ0n) is 14.2. The molecular formula is C14H27N5O6. The number of nitrogens with two attached hydrogens (primary N) is 2. The highest BCUT2D eigenvalue weighted by molar-refractivity contribution is 5.93. The van der Waals surface area contributed by atoms with E-state index in [1.165, 1.54) is 6.92 Å². The molecule has 11 nitrogen and oxygen atoms in total. The fourth-order valence-corrected chi connectivity index (χ4v) is 1.88. The van der Waals surface area contributed by atoms with Crippen molar-refractivity contribution in [3.05, 3.63) is 0 Å². The Kier molecular flexibility index (Phi) is 11.1. The standard InChI is InChI=1S/C14H27N5O6/c1-8(17-11(21)6-16)12(22)18-9(4-2-3-5-15)13(23)19-10(7-20)14(24)25/h8-10,20H,2-7,15-16H2,1H3,(H,17,21)(H,18,22)(H,19,23)(H,24,25). The first kappa shape index (κ1) is 22.8. The second-order valence-corrected chi connectivity index (χ2v) is 5.42. The monoisotopic (exact) mass is 361 g/mol. The fraction of sp³-hybridized carbons (Fsp3) is 0.714. The lowest BCUT2D eigenvalue weighted by Gasteiger charge is -2.22. The van der Waals surface area contributed by atoms with Crippen LogP contribution in [0.1, 0.15) is 26.2 Å². The van der Waals surface area contributed by atoms with Crippen molar-refractivity contribution in [1.29, 1.82) is 0 Å². The molecule has 0 radical (unpaired) electrons. The van der Waals surface area contributed by atoms with E-state index in [9.17, 15) is 19.2 Å². The lowest BCUT2D eigenvalue weighted by Crippen LogP contribution is -2.56. The minimum Gasteiger partial charge on any atom is -0.480 e. The third kappa shape index (κ3) is 8.98. The van der Waals surface area contributed by atoms with Crippen molar-refractivity contribution < 1.29 is 29.4 Å². The molecular weight excluding hydrogens is 334 g/mol. The van der Waals surface area contributed by atoms with Crippen molar-refractivity contribution in [3.8, 4) is 0 Å². The van der Waals surface area contributed by atoms with Crippen LogP contribution >= 0.6 is 0 Å². The van der Waals surface area contributed by atoms with Gasteiger partial charge in [0.1, 0.15) is 18.1 Å². The maximum atomic E-state index is 12.2.